The minimum absolute atomic E-state index is 0.0769. The smallest absolute Gasteiger partial charge is 0.389 e. The van der Waals surface area contributed by atoms with Crippen molar-refractivity contribution in [3.63, 3.8) is 0 Å². The molecule has 0 fully saturated rings. The van der Waals surface area contributed by atoms with Gasteiger partial charge in [0.05, 0.1) is 0 Å². The first-order chi connectivity index (χ1) is 7.39. The molecule has 16 heavy (non-hydrogen) atoms. The molecule has 0 atom stereocenters. The maximum atomic E-state index is 11.9. The number of halogens is 3. The fraction of sp³-hybridized carbons (Fsp3) is 0.889. The summed E-state index contributed by atoms with van der Waals surface area (Å²) in [6.07, 6.45) is -4.43. The highest BCUT2D eigenvalue weighted by Gasteiger charge is 2.26. The largest absolute Gasteiger partial charge is 0.409 e. The number of nitrogens with two attached hydrogens (primary N) is 1. The second-order valence-electron chi connectivity index (χ2n) is 3.49. The predicted molar refractivity (Wildman–Crippen MR) is 55.4 cm³/mol. The molecule has 0 aromatic rings. The van der Waals surface area contributed by atoms with Gasteiger partial charge in [0, 0.05) is 19.4 Å². The number of hydrogen-bond acceptors (Lipinski definition) is 3. The number of rotatable bonds is 7. The Bertz CT molecular complexity index is 219. The molecule has 0 aliphatic rings. The van der Waals surface area contributed by atoms with Gasteiger partial charge in [0.1, 0.15) is 5.84 Å². The van der Waals surface area contributed by atoms with Crippen LogP contribution in [-0.2, 0) is 0 Å². The molecule has 0 rings (SSSR count). The number of amidine groups is 1. The third kappa shape index (κ3) is 8.34. The maximum Gasteiger partial charge on any atom is 0.389 e. The van der Waals surface area contributed by atoms with Crippen LogP contribution in [0.15, 0.2) is 5.16 Å². The van der Waals surface area contributed by atoms with Gasteiger partial charge in [-0.3, -0.25) is 0 Å². The van der Waals surface area contributed by atoms with Gasteiger partial charge in [0.2, 0.25) is 0 Å². The van der Waals surface area contributed by atoms with Gasteiger partial charge in [-0.1, -0.05) is 12.1 Å². The first-order valence-electron chi connectivity index (χ1n) is 5.14. The lowest BCUT2D eigenvalue weighted by Crippen LogP contribution is -2.29. The van der Waals surface area contributed by atoms with Gasteiger partial charge < -0.3 is 15.8 Å². The monoisotopic (exact) mass is 241 g/mol. The summed E-state index contributed by atoms with van der Waals surface area (Å²) in [6, 6.07) is 0. The third-order valence-electron chi connectivity index (χ3n) is 2.19. The Hall–Kier alpha value is -0.980. The van der Waals surface area contributed by atoms with Crippen LogP contribution in [0.25, 0.3) is 0 Å². The molecule has 0 aliphatic carbocycles. The predicted octanol–water partition coefficient (Wildman–Crippen LogP) is 1.79. The summed E-state index contributed by atoms with van der Waals surface area (Å²) in [6.45, 7) is 3.38. The van der Waals surface area contributed by atoms with Crippen LogP contribution in [0.3, 0.4) is 0 Å². The number of oxime groups is 1. The van der Waals surface area contributed by atoms with E-state index >= 15 is 0 Å². The fourth-order valence-corrected chi connectivity index (χ4v) is 1.25. The molecule has 0 aromatic heterocycles. The van der Waals surface area contributed by atoms with E-state index in [1.54, 1.807) is 0 Å². The Balaban J connectivity index is 3.76. The van der Waals surface area contributed by atoms with E-state index < -0.39 is 12.6 Å². The maximum absolute atomic E-state index is 11.9. The van der Waals surface area contributed by atoms with E-state index in [4.69, 9.17) is 10.9 Å². The van der Waals surface area contributed by atoms with Gasteiger partial charge in [-0.15, -0.1) is 0 Å². The fourth-order valence-electron chi connectivity index (χ4n) is 1.25. The molecule has 0 amide bonds. The van der Waals surface area contributed by atoms with Crippen molar-refractivity contribution in [2.75, 3.05) is 19.6 Å². The summed E-state index contributed by atoms with van der Waals surface area (Å²) < 4.78 is 35.7. The summed E-state index contributed by atoms with van der Waals surface area (Å²) in [5.74, 6) is 0.0919. The quantitative estimate of drug-likeness (QED) is 0.309. The lowest BCUT2D eigenvalue weighted by molar-refractivity contribution is -0.136. The second kappa shape index (κ2) is 7.32. The Morgan fingerprint density at radius 1 is 1.38 bits per heavy atom. The van der Waals surface area contributed by atoms with Gasteiger partial charge in [-0.05, 0) is 19.5 Å². The normalized spacial score (nSPS) is 13.4. The molecule has 7 heteroatoms. The van der Waals surface area contributed by atoms with Crippen LogP contribution in [0.2, 0.25) is 0 Å². The molecule has 0 radical (unpaired) electrons. The Labute approximate surface area is 92.9 Å². The average molecular weight is 241 g/mol. The number of alkyl halides is 3. The van der Waals surface area contributed by atoms with Crippen molar-refractivity contribution in [2.45, 2.75) is 32.4 Å². The Morgan fingerprint density at radius 2 is 2.00 bits per heavy atom. The van der Waals surface area contributed by atoms with Crippen LogP contribution in [0, 0.1) is 0 Å². The van der Waals surface area contributed by atoms with Crippen LogP contribution >= 0.6 is 0 Å². The van der Waals surface area contributed by atoms with Crippen LogP contribution in [-0.4, -0.2) is 41.8 Å². The molecular weight excluding hydrogens is 223 g/mol. The van der Waals surface area contributed by atoms with Gasteiger partial charge in [0.15, 0.2) is 0 Å². The molecular formula is C9H18F3N3O. The van der Waals surface area contributed by atoms with E-state index in [0.717, 1.165) is 0 Å². The molecule has 0 aliphatic heterocycles. The van der Waals surface area contributed by atoms with E-state index in [0.29, 0.717) is 26.1 Å². The molecule has 0 unspecified atom stereocenters. The summed E-state index contributed by atoms with van der Waals surface area (Å²) in [4.78, 5) is 1.84. The molecule has 0 bridgehead atoms. The molecule has 4 nitrogen and oxygen atoms in total. The van der Waals surface area contributed by atoms with Crippen molar-refractivity contribution in [3.8, 4) is 0 Å². The number of nitrogens with zero attached hydrogens (tertiary/aromatic N) is 2. The summed E-state index contributed by atoms with van der Waals surface area (Å²) in [5.41, 5.74) is 5.27. The van der Waals surface area contributed by atoms with E-state index in [1.165, 1.54) is 0 Å². The Kier molecular flexibility index (Phi) is 6.87. The standard InChI is InChI=1S/C9H18F3N3O/c1-2-15(7-4-8(13)14-16)6-3-5-9(10,11)12/h16H,2-7H2,1H3,(H2,13,14). The van der Waals surface area contributed by atoms with Crippen molar-refractivity contribution >= 4 is 5.84 Å². The Morgan fingerprint density at radius 3 is 2.44 bits per heavy atom. The number of hydrogen-bond donors (Lipinski definition) is 2. The van der Waals surface area contributed by atoms with Gasteiger partial charge in [0.25, 0.3) is 0 Å². The summed E-state index contributed by atoms with van der Waals surface area (Å²) >= 11 is 0. The van der Waals surface area contributed by atoms with Crippen LogP contribution < -0.4 is 5.73 Å². The van der Waals surface area contributed by atoms with Crippen LogP contribution in [0.4, 0.5) is 13.2 Å². The third-order valence-corrected chi connectivity index (χ3v) is 2.19. The van der Waals surface area contributed by atoms with Crippen LogP contribution in [0.5, 0.6) is 0 Å². The average Bonchev–Trinajstić information content (AvgIpc) is 2.20. The summed E-state index contributed by atoms with van der Waals surface area (Å²) in [7, 11) is 0. The molecule has 0 spiro atoms. The van der Waals surface area contributed by atoms with Crippen molar-refractivity contribution in [3.05, 3.63) is 0 Å². The van der Waals surface area contributed by atoms with E-state index in [1.807, 2.05) is 11.8 Å². The van der Waals surface area contributed by atoms with Crippen LogP contribution in [0.1, 0.15) is 26.2 Å². The highest BCUT2D eigenvalue weighted by molar-refractivity contribution is 5.79. The zero-order valence-corrected chi connectivity index (χ0v) is 9.30. The van der Waals surface area contributed by atoms with E-state index in [2.05, 4.69) is 5.16 Å². The molecule has 0 heterocycles. The highest BCUT2D eigenvalue weighted by atomic mass is 19.4. The zero-order valence-electron chi connectivity index (χ0n) is 9.30. The molecule has 3 N–H and O–H groups in total. The van der Waals surface area contributed by atoms with Gasteiger partial charge in [-0.25, -0.2) is 0 Å². The summed E-state index contributed by atoms with van der Waals surface area (Å²) in [5, 5.41) is 11.1. The minimum Gasteiger partial charge on any atom is -0.409 e. The topological polar surface area (TPSA) is 61.8 Å². The first-order valence-corrected chi connectivity index (χ1v) is 5.14. The molecule has 96 valence electrons. The van der Waals surface area contributed by atoms with Crippen molar-refractivity contribution in [1.29, 1.82) is 0 Å². The van der Waals surface area contributed by atoms with Gasteiger partial charge >= 0.3 is 6.18 Å². The minimum atomic E-state index is -4.09. The van der Waals surface area contributed by atoms with Gasteiger partial charge in [-0.2, -0.15) is 13.2 Å². The first kappa shape index (κ1) is 15.0. The molecule has 0 aromatic carbocycles. The SMILES string of the molecule is CCN(CCCC(F)(F)F)CCC(N)=NO. The van der Waals surface area contributed by atoms with Crippen molar-refractivity contribution < 1.29 is 18.4 Å². The van der Waals surface area contributed by atoms with Crippen molar-refractivity contribution in [1.82, 2.24) is 4.90 Å². The lowest BCUT2D eigenvalue weighted by Gasteiger charge is -2.20. The lowest BCUT2D eigenvalue weighted by atomic mass is 10.2. The zero-order chi connectivity index (χ0) is 12.6. The molecule has 0 saturated heterocycles. The van der Waals surface area contributed by atoms with E-state index in [-0.39, 0.29) is 12.3 Å². The van der Waals surface area contributed by atoms with Crippen molar-refractivity contribution in [2.24, 2.45) is 10.9 Å². The second-order valence-corrected chi connectivity index (χ2v) is 3.49. The highest BCUT2D eigenvalue weighted by Crippen LogP contribution is 2.21. The molecule has 0 saturated carbocycles. The van der Waals surface area contributed by atoms with E-state index in [9.17, 15) is 13.2 Å².